The summed E-state index contributed by atoms with van der Waals surface area (Å²) in [6.07, 6.45) is 4.16. The molecule has 1 atom stereocenters. The molecule has 0 saturated carbocycles. The average Bonchev–Trinajstić information content (AvgIpc) is 3.05. The van der Waals surface area contributed by atoms with E-state index in [-0.39, 0.29) is 11.9 Å². The summed E-state index contributed by atoms with van der Waals surface area (Å²) in [6.45, 7) is 3.20. The van der Waals surface area contributed by atoms with Gasteiger partial charge in [0.25, 0.3) is 0 Å². The highest BCUT2D eigenvalue weighted by molar-refractivity contribution is 5.77. The Morgan fingerprint density at radius 1 is 1.14 bits per heavy atom. The maximum atomic E-state index is 13.1. The minimum atomic E-state index is -0.400. The normalized spacial score (nSPS) is 16.1. The molecule has 1 heterocycles. The molecule has 28 heavy (non-hydrogen) atoms. The van der Waals surface area contributed by atoms with Gasteiger partial charge in [-0.05, 0) is 48.9 Å². The van der Waals surface area contributed by atoms with Gasteiger partial charge >= 0.3 is 5.76 Å². The van der Waals surface area contributed by atoms with E-state index in [4.69, 9.17) is 4.42 Å². The Morgan fingerprint density at radius 2 is 1.89 bits per heavy atom. The summed E-state index contributed by atoms with van der Waals surface area (Å²) >= 11 is 0. The molecule has 1 amide bonds. The van der Waals surface area contributed by atoms with E-state index in [0.717, 1.165) is 37.7 Å². The van der Waals surface area contributed by atoms with Crippen molar-refractivity contribution in [1.82, 2.24) is 9.47 Å². The van der Waals surface area contributed by atoms with Crippen molar-refractivity contribution >= 4 is 17.0 Å². The standard InChI is InChI=1S/C23H26N2O3/c1-2-14-24(19-12-11-17-7-3-4-8-18(17)16-19)22(26)13-15-25-20-9-5-6-10-21(20)28-23(25)27/h3-10,19H,2,11-16H2,1H3. The highest BCUT2D eigenvalue weighted by atomic mass is 16.4. The summed E-state index contributed by atoms with van der Waals surface area (Å²) in [6, 6.07) is 16.1. The lowest BCUT2D eigenvalue weighted by Crippen LogP contribution is -2.44. The van der Waals surface area contributed by atoms with E-state index in [9.17, 15) is 9.59 Å². The fourth-order valence-electron chi connectivity index (χ4n) is 4.27. The maximum Gasteiger partial charge on any atom is 0.419 e. The summed E-state index contributed by atoms with van der Waals surface area (Å²) in [5.41, 5.74) is 4.06. The molecular weight excluding hydrogens is 352 g/mol. The number of carbonyl (C=O) groups is 1. The van der Waals surface area contributed by atoms with Gasteiger partial charge in [0.05, 0.1) is 5.52 Å². The van der Waals surface area contributed by atoms with Crippen LogP contribution >= 0.6 is 0 Å². The Labute approximate surface area is 164 Å². The predicted octanol–water partition coefficient (Wildman–Crippen LogP) is 3.78. The number of fused-ring (bicyclic) bond motifs is 2. The molecule has 1 unspecified atom stereocenters. The van der Waals surface area contributed by atoms with E-state index in [0.29, 0.717) is 18.5 Å². The predicted molar refractivity (Wildman–Crippen MR) is 109 cm³/mol. The number of carbonyl (C=O) groups excluding carboxylic acids is 1. The quantitative estimate of drug-likeness (QED) is 0.656. The van der Waals surface area contributed by atoms with E-state index >= 15 is 0 Å². The number of oxazole rings is 1. The van der Waals surface area contributed by atoms with Crippen molar-refractivity contribution in [1.29, 1.82) is 0 Å². The second-order valence-electron chi connectivity index (χ2n) is 7.49. The van der Waals surface area contributed by atoms with Crippen molar-refractivity contribution in [2.24, 2.45) is 0 Å². The molecule has 1 aliphatic carbocycles. The monoisotopic (exact) mass is 378 g/mol. The number of benzene rings is 2. The number of nitrogens with zero attached hydrogens (tertiary/aromatic N) is 2. The summed E-state index contributed by atoms with van der Waals surface area (Å²) in [5.74, 6) is -0.286. The van der Waals surface area contributed by atoms with Crippen LogP contribution < -0.4 is 5.76 Å². The van der Waals surface area contributed by atoms with E-state index in [1.165, 1.54) is 11.1 Å². The zero-order valence-corrected chi connectivity index (χ0v) is 16.3. The lowest BCUT2D eigenvalue weighted by Gasteiger charge is -2.35. The number of hydrogen-bond donors (Lipinski definition) is 0. The molecule has 0 spiro atoms. The molecule has 0 aliphatic heterocycles. The van der Waals surface area contributed by atoms with Crippen LogP contribution in [0.1, 0.15) is 37.3 Å². The molecule has 0 bridgehead atoms. The van der Waals surface area contributed by atoms with Gasteiger partial charge in [0.2, 0.25) is 5.91 Å². The molecule has 0 N–H and O–H groups in total. The van der Waals surface area contributed by atoms with Gasteiger partial charge in [-0.1, -0.05) is 43.3 Å². The third-order valence-corrected chi connectivity index (χ3v) is 5.67. The van der Waals surface area contributed by atoms with Gasteiger partial charge in [0.1, 0.15) is 0 Å². The first kappa shape index (κ1) is 18.5. The van der Waals surface area contributed by atoms with Crippen LogP contribution in [0.3, 0.4) is 0 Å². The van der Waals surface area contributed by atoms with E-state index in [1.807, 2.05) is 23.1 Å². The van der Waals surface area contributed by atoms with Crippen molar-refractivity contribution in [2.75, 3.05) is 6.54 Å². The van der Waals surface area contributed by atoms with Crippen molar-refractivity contribution in [3.63, 3.8) is 0 Å². The van der Waals surface area contributed by atoms with Gasteiger partial charge in [-0.2, -0.15) is 0 Å². The Balaban J connectivity index is 1.48. The van der Waals surface area contributed by atoms with Crippen LogP contribution in [0.4, 0.5) is 0 Å². The van der Waals surface area contributed by atoms with E-state index in [2.05, 4.69) is 31.2 Å². The molecule has 2 aromatic carbocycles. The maximum absolute atomic E-state index is 13.1. The number of rotatable bonds is 6. The molecule has 146 valence electrons. The van der Waals surface area contributed by atoms with Crippen LogP contribution in [0.5, 0.6) is 0 Å². The molecule has 3 aromatic rings. The topological polar surface area (TPSA) is 55.5 Å². The van der Waals surface area contributed by atoms with Crippen LogP contribution in [-0.4, -0.2) is 28.0 Å². The molecular formula is C23H26N2O3. The smallest absolute Gasteiger partial charge is 0.408 e. The summed E-state index contributed by atoms with van der Waals surface area (Å²) in [5, 5.41) is 0. The van der Waals surface area contributed by atoms with Crippen LogP contribution in [0, 0.1) is 0 Å². The number of para-hydroxylation sites is 2. The SMILES string of the molecule is CCCN(C(=O)CCn1c(=O)oc2ccccc21)C1CCc2ccccc2C1. The number of hydrogen-bond acceptors (Lipinski definition) is 3. The molecule has 4 rings (SSSR count). The number of aryl methyl sites for hydroxylation is 2. The van der Waals surface area contributed by atoms with Gasteiger partial charge in [-0.25, -0.2) is 4.79 Å². The molecule has 0 fully saturated rings. The Bertz CT molecular complexity index is 1030. The zero-order valence-electron chi connectivity index (χ0n) is 16.3. The minimum Gasteiger partial charge on any atom is -0.408 e. The molecule has 5 nitrogen and oxygen atoms in total. The lowest BCUT2D eigenvalue weighted by molar-refractivity contribution is -0.134. The lowest BCUT2D eigenvalue weighted by atomic mass is 9.87. The first-order valence-electron chi connectivity index (χ1n) is 10.1. The third-order valence-electron chi connectivity index (χ3n) is 5.67. The van der Waals surface area contributed by atoms with Gasteiger partial charge in [0, 0.05) is 25.6 Å². The fourth-order valence-corrected chi connectivity index (χ4v) is 4.27. The van der Waals surface area contributed by atoms with E-state index < -0.39 is 5.76 Å². The van der Waals surface area contributed by atoms with Gasteiger partial charge < -0.3 is 9.32 Å². The second kappa shape index (κ2) is 8.05. The minimum absolute atomic E-state index is 0.114. The molecule has 0 saturated heterocycles. The Hall–Kier alpha value is -2.82. The Kier molecular flexibility index (Phi) is 5.33. The second-order valence-corrected chi connectivity index (χ2v) is 7.49. The highest BCUT2D eigenvalue weighted by Gasteiger charge is 2.27. The summed E-state index contributed by atoms with van der Waals surface area (Å²) in [4.78, 5) is 27.3. The highest BCUT2D eigenvalue weighted by Crippen LogP contribution is 2.25. The van der Waals surface area contributed by atoms with Crippen LogP contribution in [0.15, 0.2) is 57.7 Å². The van der Waals surface area contributed by atoms with E-state index in [1.54, 1.807) is 10.6 Å². The first-order chi connectivity index (χ1) is 13.7. The van der Waals surface area contributed by atoms with Gasteiger partial charge in [-0.15, -0.1) is 0 Å². The van der Waals surface area contributed by atoms with Crippen molar-refractivity contribution < 1.29 is 9.21 Å². The first-order valence-corrected chi connectivity index (χ1v) is 10.1. The largest absolute Gasteiger partial charge is 0.419 e. The number of aromatic nitrogens is 1. The average molecular weight is 378 g/mol. The molecule has 1 aromatic heterocycles. The van der Waals surface area contributed by atoms with Crippen LogP contribution in [0.25, 0.3) is 11.1 Å². The van der Waals surface area contributed by atoms with Gasteiger partial charge in [-0.3, -0.25) is 9.36 Å². The summed E-state index contributed by atoms with van der Waals surface area (Å²) < 4.78 is 6.84. The van der Waals surface area contributed by atoms with Crippen LogP contribution in [0.2, 0.25) is 0 Å². The third kappa shape index (κ3) is 3.61. The van der Waals surface area contributed by atoms with Crippen molar-refractivity contribution in [2.45, 2.75) is 51.6 Å². The fraction of sp³-hybridized carbons (Fsp3) is 0.391. The summed E-state index contributed by atoms with van der Waals surface area (Å²) in [7, 11) is 0. The zero-order chi connectivity index (χ0) is 19.5. The van der Waals surface area contributed by atoms with Crippen molar-refractivity contribution in [3.05, 3.63) is 70.2 Å². The Morgan fingerprint density at radius 3 is 2.71 bits per heavy atom. The molecule has 1 aliphatic rings. The molecule has 5 heteroatoms. The van der Waals surface area contributed by atoms with Crippen LogP contribution in [-0.2, 0) is 24.2 Å². The molecule has 0 radical (unpaired) electrons. The van der Waals surface area contributed by atoms with Gasteiger partial charge in [0.15, 0.2) is 5.58 Å². The van der Waals surface area contributed by atoms with Crippen molar-refractivity contribution in [3.8, 4) is 0 Å². The number of amides is 1.